The number of nitrogens with one attached hydrogen (secondary N) is 1. The van der Waals surface area contributed by atoms with Gasteiger partial charge in [-0.05, 0) is 51.5 Å². The van der Waals surface area contributed by atoms with Gasteiger partial charge in [-0.15, -0.1) is 0 Å². The molecule has 0 bridgehead atoms. The lowest BCUT2D eigenvalue weighted by molar-refractivity contribution is 0.317. The van der Waals surface area contributed by atoms with Gasteiger partial charge in [0, 0.05) is 5.54 Å². The molecule has 3 nitrogen and oxygen atoms in total. The van der Waals surface area contributed by atoms with Gasteiger partial charge in [-0.1, -0.05) is 18.6 Å². The first kappa shape index (κ1) is 14.1. The molecule has 2 rings (SSSR count). The molecule has 0 amide bonds. The summed E-state index contributed by atoms with van der Waals surface area (Å²) in [6, 6.07) is 0. The zero-order chi connectivity index (χ0) is 13.4. The van der Waals surface area contributed by atoms with Gasteiger partial charge in [-0.25, -0.2) is 8.42 Å². The summed E-state index contributed by atoms with van der Waals surface area (Å²) < 4.78 is 23.1. The van der Waals surface area contributed by atoms with Crippen molar-refractivity contribution in [3.05, 3.63) is 11.6 Å². The summed E-state index contributed by atoms with van der Waals surface area (Å²) in [6.45, 7) is 7.45. The number of sulfone groups is 1. The van der Waals surface area contributed by atoms with Crippen molar-refractivity contribution in [2.24, 2.45) is 11.8 Å². The Labute approximate surface area is 111 Å². The molecular formula is C14H25NO2S. The largest absolute Gasteiger partial charge is 0.310 e. The molecule has 1 aliphatic carbocycles. The first-order valence-electron chi connectivity index (χ1n) is 6.91. The Bertz CT molecular complexity index is 441. The Balaban J connectivity index is 1.87. The predicted octanol–water partition coefficient (Wildman–Crippen LogP) is 2.15. The Morgan fingerprint density at radius 2 is 2.22 bits per heavy atom. The molecule has 1 heterocycles. The van der Waals surface area contributed by atoms with E-state index < -0.39 is 9.84 Å². The minimum atomic E-state index is -2.80. The molecule has 1 saturated heterocycles. The fourth-order valence-corrected chi connectivity index (χ4v) is 5.51. The van der Waals surface area contributed by atoms with Crippen LogP contribution in [0, 0.1) is 11.8 Å². The smallest absolute Gasteiger partial charge is 0.152 e. The van der Waals surface area contributed by atoms with Crippen LogP contribution in [0.15, 0.2) is 11.6 Å². The zero-order valence-corrected chi connectivity index (χ0v) is 12.5. The molecule has 0 saturated carbocycles. The van der Waals surface area contributed by atoms with E-state index in [2.05, 4.69) is 25.2 Å². The van der Waals surface area contributed by atoms with Gasteiger partial charge in [0.2, 0.25) is 0 Å². The van der Waals surface area contributed by atoms with Crippen molar-refractivity contribution in [1.82, 2.24) is 5.32 Å². The second-order valence-corrected chi connectivity index (χ2v) is 8.76. The van der Waals surface area contributed by atoms with Crippen LogP contribution in [0.3, 0.4) is 0 Å². The van der Waals surface area contributed by atoms with E-state index in [1.807, 2.05) is 6.92 Å². The standard InChI is InChI=1S/C14H25NO2S/c1-11-6-12(2)8-13(7-11)9-15-14(3)4-5-18(16,17)10-14/h6,11,13,15H,4-5,7-10H2,1-3H3. The molecule has 0 aromatic rings. The van der Waals surface area contributed by atoms with Crippen LogP contribution in [0.2, 0.25) is 0 Å². The fourth-order valence-electron chi connectivity index (χ4n) is 3.38. The lowest BCUT2D eigenvalue weighted by Crippen LogP contribution is -2.46. The summed E-state index contributed by atoms with van der Waals surface area (Å²) in [5, 5.41) is 3.52. The van der Waals surface area contributed by atoms with Crippen molar-refractivity contribution in [2.75, 3.05) is 18.1 Å². The van der Waals surface area contributed by atoms with Crippen molar-refractivity contribution in [1.29, 1.82) is 0 Å². The maximum atomic E-state index is 11.6. The highest BCUT2D eigenvalue weighted by Gasteiger charge is 2.38. The van der Waals surface area contributed by atoms with Gasteiger partial charge in [-0.2, -0.15) is 0 Å². The highest BCUT2D eigenvalue weighted by molar-refractivity contribution is 7.91. The monoisotopic (exact) mass is 271 g/mol. The van der Waals surface area contributed by atoms with E-state index in [0.29, 0.717) is 23.3 Å². The summed E-state index contributed by atoms with van der Waals surface area (Å²) in [7, 11) is -2.80. The van der Waals surface area contributed by atoms with Crippen molar-refractivity contribution < 1.29 is 8.42 Å². The Morgan fingerprint density at radius 3 is 2.78 bits per heavy atom. The molecule has 0 aromatic carbocycles. The summed E-state index contributed by atoms with van der Waals surface area (Å²) in [4.78, 5) is 0. The second kappa shape index (κ2) is 4.97. The SMILES string of the molecule is CC1=CC(C)CC(CNC2(C)CCS(=O)(=O)C2)C1. The van der Waals surface area contributed by atoms with Gasteiger partial charge in [0.25, 0.3) is 0 Å². The van der Waals surface area contributed by atoms with Crippen LogP contribution in [-0.2, 0) is 9.84 Å². The average molecular weight is 271 g/mol. The Hall–Kier alpha value is -0.350. The molecule has 1 N–H and O–H groups in total. The zero-order valence-electron chi connectivity index (χ0n) is 11.7. The fraction of sp³-hybridized carbons (Fsp3) is 0.857. The first-order valence-corrected chi connectivity index (χ1v) is 8.73. The van der Waals surface area contributed by atoms with Crippen LogP contribution in [-0.4, -0.2) is 32.0 Å². The normalized spacial score (nSPS) is 39.6. The van der Waals surface area contributed by atoms with E-state index in [1.165, 1.54) is 12.0 Å². The molecule has 3 atom stereocenters. The van der Waals surface area contributed by atoms with Gasteiger partial charge >= 0.3 is 0 Å². The van der Waals surface area contributed by atoms with Gasteiger partial charge in [0.1, 0.15) is 0 Å². The highest BCUT2D eigenvalue weighted by atomic mass is 32.2. The van der Waals surface area contributed by atoms with E-state index in [-0.39, 0.29) is 5.54 Å². The number of allylic oxidation sites excluding steroid dienone is 2. The summed E-state index contributed by atoms with van der Waals surface area (Å²) in [6.07, 6.45) is 5.48. The molecule has 18 heavy (non-hydrogen) atoms. The van der Waals surface area contributed by atoms with E-state index in [9.17, 15) is 8.42 Å². The van der Waals surface area contributed by atoms with Gasteiger partial charge in [-0.3, -0.25) is 0 Å². The molecule has 0 radical (unpaired) electrons. The Kier molecular flexibility index (Phi) is 3.88. The maximum absolute atomic E-state index is 11.6. The molecule has 4 heteroatoms. The van der Waals surface area contributed by atoms with E-state index in [1.54, 1.807) is 0 Å². The maximum Gasteiger partial charge on any atom is 0.152 e. The van der Waals surface area contributed by atoms with Crippen LogP contribution in [0.5, 0.6) is 0 Å². The molecule has 1 aliphatic heterocycles. The highest BCUT2D eigenvalue weighted by Crippen LogP contribution is 2.29. The van der Waals surface area contributed by atoms with E-state index in [0.717, 1.165) is 19.4 Å². The van der Waals surface area contributed by atoms with E-state index >= 15 is 0 Å². The third-order valence-electron chi connectivity index (χ3n) is 4.21. The van der Waals surface area contributed by atoms with E-state index in [4.69, 9.17) is 0 Å². The van der Waals surface area contributed by atoms with Gasteiger partial charge in [0.05, 0.1) is 11.5 Å². The molecule has 1 fully saturated rings. The Morgan fingerprint density at radius 1 is 1.50 bits per heavy atom. The summed E-state index contributed by atoms with van der Waals surface area (Å²) in [5.41, 5.74) is 1.28. The van der Waals surface area contributed by atoms with Crippen molar-refractivity contribution in [3.8, 4) is 0 Å². The van der Waals surface area contributed by atoms with Gasteiger partial charge in [0.15, 0.2) is 9.84 Å². The molecule has 3 unspecified atom stereocenters. The van der Waals surface area contributed by atoms with Crippen LogP contribution < -0.4 is 5.32 Å². The van der Waals surface area contributed by atoms with Crippen molar-refractivity contribution >= 4 is 9.84 Å². The predicted molar refractivity (Wildman–Crippen MR) is 75.3 cm³/mol. The van der Waals surface area contributed by atoms with Crippen molar-refractivity contribution in [2.45, 2.75) is 45.6 Å². The topological polar surface area (TPSA) is 46.2 Å². The molecule has 104 valence electrons. The van der Waals surface area contributed by atoms with Crippen molar-refractivity contribution in [3.63, 3.8) is 0 Å². The lowest BCUT2D eigenvalue weighted by atomic mass is 9.83. The molecular weight excluding hydrogens is 246 g/mol. The van der Waals surface area contributed by atoms with Crippen LogP contribution in [0.1, 0.15) is 40.0 Å². The third kappa shape index (κ3) is 3.58. The number of rotatable bonds is 3. The molecule has 0 aromatic heterocycles. The van der Waals surface area contributed by atoms with Crippen LogP contribution in [0.25, 0.3) is 0 Å². The third-order valence-corrected chi connectivity index (χ3v) is 6.11. The average Bonchev–Trinajstić information content (AvgIpc) is 2.50. The molecule has 2 aliphatic rings. The first-order chi connectivity index (χ1) is 8.28. The number of hydrogen-bond acceptors (Lipinski definition) is 3. The molecule has 0 spiro atoms. The minimum Gasteiger partial charge on any atom is -0.310 e. The second-order valence-electron chi connectivity index (χ2n) is 6.58. The quantitative estimate of drug-likeness (QED) is 0.800. The van der Waals surface area contributed by atoms with Crippen LogP contribution >= 0.6 is 0 Å². The summed E-state index contributed by atoms with van der Waals surface area (Å²) in [5.74, 6) is 1.96. The number of hydrogen-bond donors (Lipinski definition) is 1. The minimum absolute atomic E-state index is 0.197. The summed E-state index contributed by atoms with van der Waals surface area (Å²) >= 11 is 0. The van der Waals surface area contributed by atoms with Gasteiger partial charge < -0.3 is 5.32 Å². The van der Waals surface area contributed by atoms with Crippen LogP contribution in [0.4, 0.5) is 0 Å². The lowest BCUT2D eigenvalue weighted by Gasteiger charge is -2.30.